The van der Waals surface area contributed by atoms with Gasteiger partial charge in [0.15, 0.2) is 11.6 Å². The molecule has 1 heterocycles. The fourth-order valence-electron chi connectivity index (χ4n) is 1.57. The summed E-state index contributed by atoms with van der Waals surface area (Å²) in [6, 6.07) is 6.91. The Hall–Kier alpha value is -1.93. The molecule has 1 aromatic carbocycles. The Balaban J connectivity index is 2.39. The van der Waals surface area contributed by atoms with E-state index in [-0.39, 0.29) is 5.75 Å². The molecule has 0 atom stereocenters. The summed E-state index contributed by atoms with van der Waals surface area (Å²) in [5, 5.41) is 11.6. The first kappa shape index (κ1) is 13.5. The molecule has 0 fully saturated rings. The molecule has 0 spiro atoms. The molecule has 0 saturated heterocycles. The lowest BCUT2D eigenvalue weighted by atomic mass is 9.97. The van der Waals surface area contributed by atoms with Crippen molar-refractivity contribution >= 4 is 11.3 Å². The molecule has 1 aromatic heterocycles. The van der Waals surface area contributed by atoms with Crippen molar-refractivity contribution in [3.63, 3.8) is 0 Å². The molecule has 0 N–H and O–H groups in total. The van der Waals surface area contributed by atoms with Crippen LogP contribution < -0.4 is 4.74 Å². The van der Waals surface area contributed by atoms with Gasteiger partial charge < -0.3 is 4.74 Å². The van der Waals surface area contributed by atoms with Crippen LogP contribution in [0.5, 0.6) is 5.75 Å². The number of benzene rings is 1. The Morgan fingerprint density at radius 2 is 2.16 bits per heavy atom. The van der Waals surface area contributed by atoms with Gasteiger partial charge in [-0.15, -0.1) is 11.3 Å². The Labute approximate surface area is 115 Å². The molecule has 2 aromatic rings. The number of ether oxygens (including phenoxy) is 1. The van der Waals surface area contributed by atoms with Crippen LogP contribution in [0.1, 0.15) is 18.9 Å². The van der Waals surface area contributed by atoms with Crippen LogP contribution in [0.4, 0.5) is 4.39 Å². The zero-order chi connectivity index (χ0) is 14.0. The largest absolute Gasteiger partial charge is 0.494 e. The molecule has 0 unspecified atom stereocenters. The van der Waals surface area contributed by atoms with E-state index in [0.29, 0.717) is 11.3 Å². The van der Waals surface area contributed by atoms with Gasteiger partial charge in [0.05, 0.1) is 18.9 Å². The minimum absolute atomic E-state index is 0.205. The normalized spacial score (nSPS) is 11.1. The third-order valence-corrected chi connectivity index (χ3v) is 3.93. The van der Waals surface area contributed by atoms with Crippen molar-refractivity contribution in [1.29, 1.82) is 5.26 Å². The van der Waals surface area contributed by atoms with Crippen LogP contribution in [0, 0.1) is 17.1 Å². The fraction of sp³-hybridized carbons (Fsp3) is 0.286. The quantitative estimate of drug-likeness (QED) is 0.857. The van der Waals surface area contributed by atoms with Gasteiger partial charge in [0.1, 0.15) is 10.4 Å². The molecule has 0 aliphatic carbocycles. The molecule has 19 heavy (non-hydrogen) atoms. The summed E-state index contributed by atoms with van der Waals surface area (Å²) in [4.78, 5) is 4.41. The van der Waals surface area contributed by atoms with Gasteiger partial charge in [-0.1, -0.05) is 0 Å². The molecule has 0 aliphatic rings. The second-order valence-corrected chi connectivity index (χ2v) is 5.48. The van der Waals surface area contributed by atoms with Crippen LogP contribution in [-0.4, -0.2) is 12.1 Å². The van der Waals surface area contributed by atoms with Crippen molar-refractivity contribution < 1.29 is 9.13 Å². The smallest absolute Gasteiger partial charge is 0.165 e. The van der Waals surface area contributed by atoms with E-state index < -0.39 is 11.2 Å². The van der Waals surface area contributed by atoms with Gasteiger partial charge >= 0.3 is 0 Å². The van der Waals surface area contributed by atoms with E-state index in [0.717, 1.165) is 5.01 Å². The van der Waals surface area contributed by atoms with Gasteiger partial charge in [-0.25, -0.2) is 9.37 Å². The molecule has 0 radical (unpaired) electrons. The van der Waals surface area contributed by atoms with Crippen LogP contribution in [-0.2, 0) is 5.41 Å². The van der Waals surface area contributed by atoms with Crippen molar-refractivity contribution in [1.82, 2.24) is 4.98 Å². The van der Waals surface area contributed by atoms with Gasteiger partial charge in [0, 0.05) is 10.9 Å². The standard InChI is InChI=1S/C14H13FN2OS/c1-14(2,8-16)13-17-11(7-19-13)9-4-5-12(18-3)10(15)6-9/h4-7H,1-3H3. The number of hydrogen-bond donors (Lipinski definition) is 0. The second-order valence-electron chi connectivity index (χ2n) is 4.62. The number of thiazole rings is 1. The van der Waals surface area contributed by atoms with Gasteiger partial charge in [-0.05, 0) is 32.0 Å². The van der Waals surface area contributed by atoms with Crippen molar-refractivity contribution in [3.8, 4) is 23.1 Å². The van der Waals surface area contributed by atoms with Gasteiger partial charge in [-0.2, -0.15) is 5.26 Å². The Morgan fingerprint density at radius 1 is 1.42 bits per heavy atom. The Bertz CT molecular complexity index is 643. The van der Waals surface area contributed by atoms with Crippen LogP contribution in [0.25, 0.3) is 11.3 Å². The number of aromatic nitrogens is 1. The Morgan fingerprint density at radius 3 is 2.74 bits per heavy atom. The highest BCUT2D eigenvalue weighted by Crippen LogP contribution is 2.31. The summed E-state index contributed by atoms with van der Waals surface area (Å²) in [5.74, 6) is -0.217. The molecule has 0 amide bonds. The average molecular weight is 276 g/mol. The number of methoxy groups -OCH3 is 1. The summed E-state index contributed by atoms with van der Waals surface area (Å²) in [6.07, 6.45) is 0. The first-order chi connectivity index (χ1) is 8.97. The van der Waals surface area contributed by atoms with Crippen molar-refractivity contribution in [2.75, 3.05) is 7.11 Å². The third kappa shape index (κ3) is 2.59. The third-order valence-electron chi connectivity index (χ3n) is 2.77. The van der Waals surface area contributed by atoms with Crippen molar-refractivity contribution in [2.24, 2.45) is 0 Å². The summed E-state index contributed by atoms with van der Waals surface area (Å²) in [5.41, 5.74) is 0.716. The number of hydrogen-bond acceptors (Lipinski definition) is 4. The molecular formula is C14H13FN2OS. The van der Waals surface area contributed by atoms with E-state index in [1.807, 2.05) is 19.2 Å². The zero-order valence-electron chi connectivity index (χ0n) is 10.9. The van der Waals surface area contributed by atoms with E-state index >= 15 is 0 Å². The predicted molar refractivity (Wildman–Crippen MR) is 72.7 cm³/mol. The maximum absolute atomic E-state index is 13.6. The van der Waals surface area contributed by atoms with E-state index in [1.54, 1.807) is 12.1 Å². The lowest BCUT2D eigenvalue weighted by Crippen LogP contribution is -2.13. The SMILES string of the molecule is COc1ccc(-c2csc(C(C)(C)C#N)n2)cc1F. The molecular weight excluding hydrogens is 263 g/mol. The zero-order valence-corrected chi connectivity index (χ0v) is 11.7. The van der Waals surface area contributed by atoms with Crippen molar-refractivity contribution in [3.05, 3.63) is 34.4 Å². The molecule has 0 saturated carbocycles. The van der Waals surface area contributed by atoms with Crippen LogP contribution >= 0.6 is 11.3 Å². The molecule has 0 aliphatic heterocycles. The van der Waals surface area contributed by atoms with Gasteiger partial charge in [0.2, 0.25) is 0 Å². The van der Waals surface area contributed by atoms with E-state index in [9.17, 15) is 4.39 Å². The molecule has 5 heteroatoms. The minimum atomic E-state index is -0.631. The summed E-state index contributed by atoms with van der Waals surface area (Å²) in [7, 11) is 1.43. The van der Waals surface area contributed by atoms with E-state index in [1.165, 1.54) is 24.5 Å². The second kappa shape index (κ2) is 4.98. The number of nitriles is 1. The first-order valence-electron chi connectivity index (χ1n) is 5.69. The molecule has 0 bridgehead atoms. The first-order valence-corrected chi connectivity index (χ1v) is 6.57. The average Bonchev–Trinajstić information content (AvgIpc) is 2.89. The topological polar surface area (TPSA) is 45.9 Å². The van der Waals surface area contributed by atoms with Gasteiger partial charge in [-0.3, -0.25) is 0 Å². The summed E-state index contributed by atoms with van der Waals surface area (Å²) in [6.45, 7) is 3.62. The predicted octanol–water partition coefficient (Wildman–Crippen LogP) is 3.76. The summed E-state index contributed by atoms with van der Waals surface area (Å²) < 4.78 is 18.5. The number of rotatable bonds is 3. The van der Waals surface area contributed by atoms with Crippen LogP contribution in [0.3, 0.4) is 0 Å². The van der Waals surface area contributed by atoms with Crippen molar-refractivity contribution in [2.45, 2.75) is 19.3 Å². The Kier molecular flexibility index (Phi) is 3.54. The maximum Gasteiger partial charge on any atom is 0.165 e. The highest BCUT2D eigenvalue weighted by Gasteiger charge is 2.24. The number of halogens is 1. The van der Waals surface area contributed by atoms with Crippen LogP contribution in [0.2, 0.25) is 0 Å². The molecule has 3 nitrogen and oxygen atoms in total. The maximum atomic E-state index is 13.6. The van der Waals surface area contributed by atoms with Gasteiger partial charge in [0.25, 0.3) is 0 Å². The molecule has 2 rings (SSSR count). The lowest BCUT2D eigenvalue weighted by Gasteiger charge is -2.10. The number of nitrogens with zero attached hydrogens (tertiary/aromatic N) is 2. The van der Waals surface area contributed by atoms with E-state index in [4.69, 9.17) is 10.00 Å². The summed E-state index contributed by atoms with van der Waals surface area (Å²) >= 11 is 1.40. The highest BCUT2D eigenvalue weighted by atomic mass is 32.1. The lowest BCUT2D eigenvalue weighted by molar-refractivity contribution is 0.386. The molecule has 98 valence electrons. The van der Waals surface area contributed by atoms with E-state index in [2.05, 4.69) is 11.1 Å². The highest BCUT2D eigenvalue weighted by molar-refractivity contribution is 7.10. The monoisotopic (exact) mass is 276 g/mol. The fourth-order valence-corrected chi connectivity index (χ4v) is 2.47. The minimum Gasteiger partial charge on any atom is -0.494 e. The van der Waals surface area contributed by atoms with Crippen LogP contribution in [0.15, 0.2) is 23.6 Å².